The zero-order chi connectivity index (χ0) is 12.4. The van der Waals surface area contributed by atoms with Crippen LogP contribution in [0.4, 0.5) is 5.69 Å². The Kier molecular flexibility index (Phi) is 3.22. The number of nitrogens with zero attached hydrogens (tertiary/aromatic N) is 1. The molecular weight excluding hydrogens is 224 g/mol. The van der Waals surface area contributed by atoms with Gasteiger partial charge < -0.3 is 9.64 Å². The van der Waals surface area contributed by atoms with E-state index in [4.69, 9.17) is 10.1 Å². The minimum absolute atomic E-state index is 0.455. The van der Waals surface area contributed by atoms with Gasteiger partial charge in [0.15, 0.2) is 0 Å². The smallest absolute Gasteiger partial charge is 0.142 e. The van der Waals surface area contributed by atoms with Gasteiger partial charge in [0.1, 0.15) is 11.6 Å². The lowest BCUT2D eigenvalue weighted by Crippen LogP contribution is -2.35. The Morgan fingerprint density at radius 2 is 1.94 bits per heavy atom. The SMILES string of the molecule is N=C(C1CCCC1)N1CCCOc2ccccc21. The lowest BCUT2D eigenvalue weighted by Gasteiger charge is -2.27. The normalized spacial score (nSPS) is 20.1. The average molecular weight is 244 g/mol. The number of hydrogen-bond acceptors (Lipinski definition) is 2. The van der Waals surface area contributed by atoms with Crippen LogP contribution in [0.5, 0.6) is 5.75 Å². The van der Waals surface area contributed by atoms with Crippen molar-refractivity contribution in [3.8, 4) is 5.75 Å². The maximum atomic E-state index is 8.48. The molecule has 1 heterocycles. The summed E-state index contributed by atoms with van der Waals surface area (Å²) in [7, 11) is 0. The van der Waals surface area contributed by atoms with E-state index < -0.39 is 0 Å². The number of rotatable bonds is 1. The van der Waals surface area contributed by atoms with Crippen LogP contribution >= 0.6 is 0 Å². The largest absolute Gasteiger partial charge is 0.491 e. The molecule has 0 atom stereocenters. The monoisotopic (exact) mass is 244 g/mol. The maximum Gasteiger partial charge on any atom is 0.142 e. The molecule has 0 aromatic heterocycles. The van der Waals surface area contributed by atoms with Crippen LogP contribution in [0, 0.1) is 11.3 Å². The molecule has 3 rings (SSSR count). The second kappa shape index (κ2) is 5.01. The zero-order valence-corrected chi connectivity index (χ0v) is 10.7. The summed E-state index contributed by atoms with van der Waals surface area (Å²) < 4.78 is 5.75. The Hall–Kier alpha value is -1.51. The Bertz CT molecular complexity index is 438. The number of fused-ring (bicyclic) bond motifs is 1. The molecule has 96 valence electrons. The van der Waals surface area contributed by atoms with Gasteiger partial charge in [-0.1, -0.05) is 25.0 Å². The molecule has 0 radical (unpaired) electrons. The van der Waals surface area contributed by atoms with Crippen LogP contribution in [0.2, 0.25) is 0 Å². The lowest BCUT2D eigenvalue weighted by atomic mass is 10.1. The number of para-hydroxylation sites is 2. The first-order chi connectivity index (χ1) is 8.86. The molecular formula is C15H20N2O. The van der Waals surface area contributed by atoms with Crippen LogP contribution in [0.3, 0.4) is 0 Å². The van der Waals surface area contributed by atoms with Crippen LogP contribution in [0.25, 0.3) is 0 Å². The molecule has 1 aromatic carbocycles. The van der Waals surface area contributed by atoms with E-state index in [1.807, 2.05) is 18.2 Å². The van der Waals surface area contributed by atoms with Crippen molar-refractivity contribution in [1.82, 2.24) is 0 Å². The second-order valence-corrected chi connectivity index (χ2v) is 5.19. The first kappa shape index (κ1) is 11.6. The van der Waals surface area contributed by atoms with Crippen molar-refractivity contribution in [2.24, 2.45) is 5.92 Å². The molecule has 3 nitrogen and oxygen atoms in total. The van der Waals surface area contributed by atoms with Gasteiger partial charge in [-0.15, -0.1) is 0 Å². The quantitative estimate of drug-likeness (QED) is 0.607. The molecule has 2 aliphatic rings. The highest BCUT2D eigenvalue weighted by atomic mass is 16.5. The van der Waals surface area contributed by atoms with Crippen molar-refractivity contribution in [3.63, 3.8) is 0 Å². The highest BCUT2D eigenvalue weighted by Crippen LogP contribution is 2.34. The topological polar surface area (TPSA) is 36.3 Å². The van der Waals surface area contributed by atoms with E-state index in [2.05, 4.69) is 11.0 Å². The molecule has 1 N–H and O–H groups in total. The van der Waals surface area contributed by atoms with Gasteiger partial charge in [-0.25, -0.2) is 0 Å². The number of nitrogens with one attached hydrogen (secondary N) is 1. The Morgan fingerprint density at radius 1 is 1.17 bits per heavy atom. The van der Waals surface area contributed by atoms with E-state index in [1.54, 1.807) is 0 Å². The number of hydrogen-bond donors (Lipinski definition) is 1. The molecule has 0 amide bonds. The van der Waals surface area contributed by atoms with Gasteiger partial charge in [0.05, 0.1) is 12.3 Å². The minimum Gasteiger partial charge on any atom is -0.491 e. The number of amidine groups is 1. The number of benzene rings is 1. The summed E-state index contributed by atoms with van der Waals surface area (Å²) >= 11 is 0. The molecule has 0 unspecified atom stereocenters. The average Bonchev–Trinajstić information content (AvgIpc) is 2.85. The molecule has 0 saturated heterocycles. The highest BCUT2D eigenvalue weighted by Gasteiger charge is 2.27. The predicted molar refractivity (Wildman–Crippen MR) is 73.6 cm³/mol. The number of ether oxygens (including phenoxy) is 1. The fourth-order valence-corrected chi connectivity index (χ4v) is 3.00. The summed E-state index contributed by atoms with van der Waals surface area (Å²) in [5.74, 6) is 2.18. The van der Waals surface area contributed by atoms with E-state index in [0.717, 1.165) is 36.8 Å². The highest BCUT2D eigenvalue weighted by molar-refractivity contribution is 5.98. The Labute approximate surface area is 108 Å². The molecule has 0 spiro atoms. The van der Waals surface area contributed by atoms with Gasteiger partial charge in [-0.2, -0.15) is 0 Å². The maximum absolute atomic E-state index is 8.48. The van der Waals surface area contributed by atoms with Crippen molar-refractivity contribution in [1.29, 1.82) is 5.41 Å². The van der Waals surface area contributed by atoms with Gasteiger partial charge in [-0.3, -0.25) is 5.41 Å². The van der Waals surface area contributed by atoms with Crippen LogP contribution in [-0.4, -0.2) is 19.0 Å². The van der Waals surface area contributed by atoms with Crippen molar-refractivity contribution in [2.45, 2.75) is 32.1 Å². The van der Waals surface area contributed by atoms with Crippen molar-refractivity contribution >= 4 is 11.5 Å². The van der Waals surface area contributed by atoms with Gasteiger partial charge in [0, 0.05) is 12.5 Å². The Balaban J connectivity index is 1.88. The van der Waals surface area contributed by atoms with Gasteiger partial charge >= 0.3 is 0 Å². The first-order valence-electron chi connectivity index (χ1n) is 6.94. The van der Waals surface area contributed by atoms with Gasteiger partial charge in [-0.05, 0) is 31.4 Å². The summed E-state index contributed by atoms with van der Waals surface area (Å²) in [5, 5.41) is 8.48. The van der Waals surface area contributed by atoms with Crippen LogP contribution < -0.4 is 9.64 Å². The fraction of sp³-hybridized carbons (Fsp3) is 0.533. The van der Waals surface area contributed by atoms with Crippen molar-refractivity contribution < 1.29 is 4.74 Å². The molecule has 3 heteroatoms. The van der Waals surface area contributed by atoms with Crippen molar-refractivity contribution in [2.75, 3.05) is 18.1 Å². The van der Waals surface area contributed by atoms with Crippen LogP contribution in [-0.2, 0) is 0 Å². The molecule has 1 aromatic rings. The van der Waals surface area contributed by atoms with E-state index in [-0.39, 0.29) is 0 Å². The second-order valence-electron chi connectivity index (χ2n) is 5.19. The minimum atomic E-state index is 0.455. The van der Waals surface area contributed by atoms with Crippen LogP contribution in [0.15, 0.2) is 24.3 Å². The molecule has 1 fully saturated rings. The van der Waals surface area contributed by atoms with Gasteiger partial charge in [0.25, 0.3) is 0 Å². The summed E-state index contributed by atoms with van der Waals surface area (Å²) in [4.78, 5) is 2.16. The van der Waals surface area contributed by atoms with Crippen LogP contribution in [0.1, 0.15) is 32.1 Å². The third kappa shape index (κ3) is 2.09. The lowest BCUT2D eigenvalue weighted by molar-refractivity contribution is 0.322. The van der Waals surface area contributed by atoms with E-state index >= 15 is 0 Å². The first-order valence-corrected chi connectivity index (χ1v) is 6.94. The number of anilines is 1. The zero-order valence-electron chi connectivity index (χ0n) is 10.7. The van der Waals surface area contributed by atoms with Crippen molar-refractivity contribution in [3.05, 3.63) is 24.3 Å². The van der Waals surface area contributed by atoms with Gasteiger partial charge in [0.2, 0.25) is 0 Å². The Morgan fingerprint density at radius 3 is 2.78 bits per heavy atom. The van der Waals surface area contributed by atoms with E-state index in [1.165, 1.54) is 25.7 Å². The summed E-state index contributed by atoms with van der Waals surface area (Å²) in [6, 6.07) is 8.11. The molecule has 1 saturated carbocycles. The standard InChI is InChI=1S/C15H20N2O/c16-15(12-6-1-2-7-12)17-10-5-11-18-14-9-4-3-8-13(14)17/h3-4,8-9,12,16H,1-2,5-7,10-11H2. The molecule has 0 bridgehead atoms. The third-order valence-electron chi connectivity index (χ3n) is 3.97. The third-order valence-corrected chi connectivity index (χ3v) is 3.97. The molecule has 18 heavy (non-hydrogen) atoms. The summed E-state index contributed by atoms with van der Waals surface area (Å²) in [5.41, 5.74) is 1.08. The molecule has 1 aliphatic heterocycles. The fourth-order valence-electron chi connectivity index (χ4n) is 3.00. The van der Waals surface area contributed by atoms with E-state index in [9.17, 15) is 0 Å². The van der Waals surface area contributed by atoms with E-state index in [0.29, 0.717) is 5.92 Å². The molecule has 1 aliphatic carbocycles. The summed E-state index contributed by atoms with van der Waals surface area (Å²) in [6.45, 7) is 1.66. The predicted octanol–water partition coefficient (Wildman–Crippen LogP) is 3.44. The summed E-state index contributed by atoms with van der Waals surface area (Å²) in [6.07, 6.45) is 5.90.